The standard InChI is InChI=1S/C14H26N2O2/c1-3-11-4-7-14(18,8-5-11)10-15-12-6-9-16(2)13(12)17/h11-12,15,18H,3-10H2,1-2H3. The number of aliphatic hydroxyl groups is 1. The van der Waals surface area contributed by atoms with Crippen LogP contribution in [-0.2, 0) is 4.79 Å². The zero-order chi connectivity index (χ0) is 13.2. The van der Waals surface area contributed by atoms with E-state index in [-0.39, 0.29) is 11.9 Å². The van der Waals surface area contributed by atoms with Crippen molar-refractivity contribution in [3.8, 4) is 0 Å². The van der Waals surface area contributed by atoms with Crippen molar-refractivity contribution in [1.29, 1.82) is 0 Å². The predicted molar refractivity (Wildman–Crippen MR) is 71.2 cm³/mol. The topological polar surface area (TPSA) is 52.6 Å². The van der Waals surface area contributed by atoms with Crippen LogP contribution in [0.1, 0.15) is 45.4 Å². The summed E-state index contributed by atoms with van der Waals surface area (Å²) in [5, 5.41) is 13.8. The van der Waals surface area contributed by atoms with Gasteiger partial charge in [-0.05, 0) is 38.0 Å². The molecule has 2 rings (SSSR count). The fourth-order valence-corrected chi connectivity index (χ4v) is 3.12. The maximum absolute atomic E-state index is 11.8. The SMILES string of the molecule is CCC1CCC(O)(CNC2CCN(C)C2=O)CC1. The highest BCUT2D eigenvalue weighted by Crippen LogP contribution is 2.33. The molecule has 104 valence electrons. The lowest BCUT2D eigenvalue weighted by Crippen LogP contribution is -2.48. The van der Waals surface area contributed by atoms with Gasteiger partial charge in [0, 0.05) is 20.1 Å². The number of nitrogens with one attached hydrogen (secondary N) is 1. The van der Waals surface area contributed by atoms with Crippen LogP contribution in [0.25, 0.3) is 0 Å². The van der Waals surface area contributed by atoms with E-state index in [0.717, 1.165) is 44.6 Å². The minimum absolute atomic E-state index is 0.0806. The van der Waals surface area contributed by atoms with Crippen LogP contribution < -0.4 is 5.32 Å². The number of carbonyl (C=O) groups is 1. The van der Waals surface area contributed by atoms with Gasteiger partial charge < -0.3 is 15.3 Å². The molecule has 0 aromatic rings. The van der Waals surface area contributed by atoms with E-state index in [1.165, 1.54) is 6.42 Å². The van der Waals surface area contributed by atoms with E-state index in [1.807, 2.05) is 7.05 Å². The molecule has 0 bridgehead atoms. The lowest BCUT2D eigenvalue weighted by molar-refractivity contribution is -0.128. The van der Waals surface area contributed by atoms with E-state index < -0.39 is 5.60 Å². The van der Waals surface area contributed by atoms with Crippen molar-refractivity contribution in [2.24, 2.45) is 5.92 Å². The quantitative estimate of drug-likeness (QED) is 0.791. The molecule has 2 fully saturated rings. The molecule has 0 aromatic heterocycles. The number of hydrogen-bond acceptors (Lipinski definition) is 3. The van der Waals surface area contributed by atoms with Crippen LogP contribution in [0.15, 0.2) is 0 Å². The molecule has 1 heterocycles. The van der Waals surface area contributed by atoms with Crippen molar-refractivity contribution in [2.75, 3.05) is 20.1 Å². The van der Waals surface area contributed by atoms with Crippen molar-refractivity contribution >= 4 is 5.91 Å². The number of likely N-dealkylation sites (N-methyl/N-ethyl adjacent to an activating group) is 1. The van der Waals surface area contributed by atoms with Gasteiger partial charge in [0.05, 0.1) is 11.6 Å². The predicted octanol–water partition coefficient (Wildman–Crippen LogP) is 1.14. The highest BCUT2D eigenvalue weighted by molar-refractivity contribution is 5.83. The molecule has 1 atom stereocenters. The number of rotatable bonds is 4. The molecule has 1 saturated heterocycles. The van der Waals surface area contributed by atoms with E-state index in [9.17, 15) is 9.90 Å². The van der Waals surface area contributed by atoms with Gasteiger partial charge in [-0.25, -0.2) is 0 Å². The third-order valence-electron chi connectivity index (χ3n) is 4.72. The van der Waals surface area contributed by atoms with Crippen molar-refractivity contribution in [1.82, 2.24) is 10.2 Å². The molecule has 1 aliphatic heterocycles. The van der Waals surface area contributed by atoms with Gasteiger partial charge in [0.15, 0.2) is 0 Å². The average Bonchev–Trinajstić information content (AvgIpc) is 2.69. The summed E-state index contributed by atoms with van der Waals surface area (Å²) in [6.45, 7) is 3.61. The third kappa shape index (κ3) is 3.04. The molecule has 1 amide bonds. The molecule has 2 N–H and O–H groups in total. The first-order valence-corrected chi connectivity index (χ1v) is 7.25. The van der Waals surface area contributed by atoms with Crippen molar-refractivity contribution in [3.63, 3.8) is 0 Å². The third-order valence-corrected chi connectivity index (χ3v) is 4.72. The average molecular weight is 254 g/mol. The Morgan fingerprint density at radius 2 is 2.06 bits per heavy atom. The van der Waals surface area contributed by atoms with Crippen LogP contribution >= 0.6 is 0 Å². The first kappa shape index (κ1) is 13.8. The summed E-state index contributed by atoms with van der Waals surface area (Å²) in [6, 6.07) is -0.0806. The molecule has 0 radical (unpaired) electrons. The maximum atomic E-state index is 11.8. The second-order valence-corrected chi connectivity index (χ2v) is 6.06. The van der Waals surface area contributed by atoms with Gasteiger partial charge in [0.25, 0.3) is 0 Å². The Bertz CT molecular complexity index is 298. The maximum Gasteiger partial charge on any atom is 0.239 e. The summed E-state index contributed by atoms with van der Waals surface area (Å²) >= 11 is 0. The number of carbonyl (C=O) groups excluding carboxylic acids is 1. The highest BCUT2D eigenvalue weighted by Gasteiger charge is 2.35. The van der Waals surface area contributed by atoms with Crippen LogP contribution in [0.5, 0.6) is 0 Å². The molecule has 1 saturated carbocycles. The molecule has 4 heteroatoms. The first-order valence-electron chi connectivity index (χ1n) is 7.25. The largest absolute Gasteiger partial charge is 0.389 e. The van der Waals surface area contributed by atoms with Gasteiger partial charge in [0.2, 0.25) is 5.91 Å². The lowest BCUT2D eigenvalue weighted by Gasteiger charge is -2.36. The van der Waals surface area contributed by atoms with Crippen molar-refractivity contribution in [3.05, 3.63) is 0 Å². The van der Waals surface area contributed by atoms with Crippen LogP contribution in [0.3, 0.4) is 0 Å². The smallest absolute Gasteiger partial charge is 0.239 e. The zero-order valence-corrected chi connectivity index (χ0v) is 11.6. The van der Waals surface area contributed by atoms with E-state index in [4.69, 9.17) is 0 Å². The van der Waals surface area contributed by atoms with Crippen LogP contribution in [0.2, 0.25) is 0 Å². The van der Waals surface area contributed by atoms with E-state index in [1.54, 1.807) is 4.90 Å². The molecular weight excluding hydrogens is 228 g/mol. The Balaban J connectivity index is 1.78. The summed E-state index contributed by atoms with van der Waals surface area (Å²) in [6.07, 6.45) is 6.06. The molecular formula is C14H26N2O2. The van der Waals surface area contributed by atoms with Crippen LogP contribution in [0.4, 0.5) is 0 Å². The molecule has 0 aromatic carbocycles. The van der Waals surface area contributed by atoms with Gasteiger partial charge in [-0.1, -0.05) is 13.3 Å². The van der Waals surface area contributed by atoms with Crippen molar-refractivity contribution < 1.29 is 9.90 Å². The molecule has 2 aliphatic rings. The molecule has 4 nitrogen and oxygen atoms in total. The Labute approximate surface area is 110 Å². The summed E-state index contributed by atoms with van der Waals surface area (Å²) in [4.78, 5) is 13.5. The van der Waals surface area contributed by atoms with Gasteiger partial charge in [-0.3, -0.25) is 4.79 Å². The van der Waals surface area contributed by atoms with Crippen LogP contribution in [-0.4, -0.2) is 47.7 Å². The summed E-state index contributed by atoms with van der Waals surface area (Å²) in [5.41, 5.74) is -0.590. The highest BCUT2D eigenvalue weighted by atomic mass is 16.3. The Morgan fingerprint density at radius 1 is 1.39 bits per heavy atom. The number of amides is 1. The Hall–Kier alpha value is -0.610. The van der Waals surface area contributed by atoms with Gasteiger partial charge in [0.1, 0.15) is 0 Å². The number of hydrogen-bond donors (Lipinski definition) is 2. The lowest BCUT2D eigenvalue weighted by atomic mass is 9.78. The van der Waals surface area contributed by atoms with E-state index in [0.29, 0.717) is 6.54 Å². The van der Waals surface area contributed by atoms with Gasteiger partial charge >= 0.3 is 0 Å². The fourth-order valence-electron chi connectivity index (χ4n) is 3.12. The second kappa shape index (κ2) is 5.57. The molecule has 18 heavy (non-hydrogen) atoms. The normalized spacial score (nSPS) is 37.3. The zero-order valence-electron chi connectivity index (χ0n) is 11.6. The van der Waals surface area contributed by atoms with E-state index >= 15 is 0 Å². The number of nitrogens with zero attached hydrogens (tertiary/aromatic N) is 1. The minimum Gasteiger partial charge on any atom is -0.389 e. The Morgan fingerprint density at radius 3 is 2.56 bits per heavy atom. The fraction of sp³-hybridized carbons (Fsp3) is 0.929. The van der Waals surface area contributed by atoms with Gasteiger partial charge in [-0.15, -0.1) is 0 Å². The molecule has 1 unspecified atom stereocenters. The molecule has 0 spiro atoms. The summed E-state index contributed by atoms with van der Waals surface area (Å²) < 4.78 is 0. The van der Waals surface area contributed by atoms with Crippen LogP contribution in [0, 0.1) is 5.92 Å². The van der Waals surface area contributed by atoms with E-state index in [2.05, 4.69) is 12.2 Å². The summed E-state index contributed by atoms with van der Waals surface area (Å²) in [5.74, 6) is 0.949. The van der Waals surface area contributed by atoms with Gasteiger partial charge in [-0.2, -0.15) is 0 Å². The minimum atomic E-state index is -0.590. The second-order valence-electron chi connectivity index (χ2n) is 6.06. The molecule has 1 aliphatic carbocycles. The summed E-state index contributed by atoms with van der Waals surface area (Å²) in [7, 11) is 1.84. The monoisotopic (exact) mass is 254 g/mol. The first-order chi connectivity index (χ1) is 8.54. The Kier molecular flexibility index (Phi) is 4.28. The number of likely N-dealkylation sites (tertiary alicyclic amines) is 1. The van der Waals surface area contributed by atoms with Crippen molar-refractivity contribution in [2.45, 2.75) is 57.1 Å².